The lowest BCUT2D eigenvalue weighted by atomic mass is 10.1. The summed E-state index contributed by atoms with van der Waals surface area (Å²) in [5.74, 6) is -0.121. The number of hydrogen-bond acceptors (Lipinski definition) is 4. The molecule has 0 saturated carbocycles. The van der Waals surface area contributed by atoms with Gasteiger partial charge in [-0.05, 0) is 35.7 Å². The minimum atomic E-state index is -4.41. The summed E-state index contributed by atoms with van der Waals surface area (Å²) in [6.45, 7) is 1.92. The summed E-state index contributed by atoms with van der Waals surface area (Å²) < 4.78 is 44.9. The van der Waals surface area contributed by atoms with Crippen LogP contribution in [-0.4, -0.2) is 49.7 Å². The first kappa shape index (κ1) is 24.5. The Hall–Kier alpha value is -2.13. The smallest absolute Gasteiger partial charge is 0.383 e. The zero-order valence-electron chi connectivity index (χ0n) is 17.8. The van der Waals surface area contributed by atoms with E-state index in [1.807, 2.05) is 23.1 Å². The number of benzene rings is 2. The topological polar surface area (TPSA) is 53.6 Å². The van der Waals surface area contributed by atoms with Gasteiger partial charge in [0, 0.05) is 44.4 Å². The molecule has 0 spiro atoms. The van der Waals surface area contributed by atoms with Crippen molar-refractivity contribution < 1.29 is 22.7 Å². The minimum absolute atomic E-state index is 0.0728. The van der Waals surface area contributed by atoms with Crippen LogP contribution in [-0.2, 0) is 28.8 Å². The molecule has 9 heteroatoms. The number of nitrogens with zero attached hydrogens (tertiary/aromatic N) is 1. The van der Waals surface area contributed by atoms with Crippen molar-refractivity contribution in [2.75, 3.05) is 26.8 Å². The van der Waals surface area contributed by atoms with Crippen molar-refractivity contribution in [2.24, 2.45) is 0 Å². The maximum Gasteiger partial charge on any atom is 0.416 e. The van der Waals surface area contributed by atoms with E-state index in [0.29, 0.717) is 37.7 Å². The lowest BCUT2D eigenvalue weighted by Crippen LogP contribution is -2.43. The average molecular weight is 470 g/mol. The van der Waals surface area contributed by atoms with Crippen molar-refractivity contribution >= 4 is 17.5 Å². The molecule has 1 amide bonds. The van der Waals surface area contributed by atoms with Gasteiger partial charge in [0.1, 0.15) is 0 Å². The van der Waals surface area contributed by atoms with E-state index in [9.17, 15) is 18.0 Å². The highest BCUT2D eigenvalue weighted by Crippen LogP contribution is 2.32. The lowest BCUT2D eigenvalue weighted by Gasteiger charge is -2.23. The van der Waals surface area contributed by atoms with Crippen molar-refractivity contribution in [2.45, 2.75) is 37.8 Å². The summed E-state index contributed by atoms with van der Waals surface area (Å²) >= 11 is 6.10. The monoisotopic (exact) mass is 469 g/mol. The van der Waals surface area contributed by atoms with Gasteiger partial charge < -0.3 is 15.4 Å². The zero-order valence-corrected chi connectivity index (χ0v) is 18.5. The van der Waals surface area contributed by atoms with Crippen molar-refractivity contribution in [3.05, 3.63) is 70.2 Å². The second kappa shape index (κ2) is 11.1. The van der Waals surface area contributed by atoms with E-state index in [-0.39, 0.29) is 24.1 Å². The molecule has 174 valence electrons. The molecule has 0 aliphatic carbocycles. The predicted octanol–water partition coefficient (Wildman–Crippen LogP) is 3.85. The Morgan fingerprint density at radius 1 is 1.22 bits per heavy atom. The summed E-state index contributed by atoms with van der Waals surface area (Å²) in [6, 6.07) is 12.4. The van der Waals surface area contributed by atoms with Crippen LogP contribution in [0.25, 0.3) is 0 Å². The average Bonchev–Trinajstić information content (AvgIpc) is 3.14. The third-order valence-corrected chi connectivity index (χ3v) is 5.73. The fourth-order valence-corrected chi connectivity index (χ4v) is 4.18. The Labute approximate surface area is 190 Å². The molecule has 1 heterocycles. The van der Waals surface area contributed by atoms with Crippen LogP contribution >= 0.6 is 11.6 Å². The molecule has 5 nitrogen and oxygen atoms in total. The molecule has 32 heavy (non-hydrogen) atoms. The molecule has 2 N–H and O–H groups in total. The molecule has 0 bridgehead atoms. The molecule has 1 saturated heterocycles. The van der Waals surface area contributed by atoms with Gasteiger partial charge in [0.15, 0.2) is 0 Å². The van der Waals surface area contributed by atoms with Crippen LogP contribution in [0, 0.1) is 0 Å². The Bertz CT molecular complexity index is 910. The second-order valence-electron chi connectivity index (χ2n) is 7.83. The maximum absolute atomic E-state index is 13.3. The highest BCUT2D eigenvalue weighted by atomic mass is 35.5. The second-order valence-corrected chi connectivity index (χ2v) is 8.26. The molecule has 2 aromatic rings. The van der Waals surface area contributed by atoms with E-state index >= 15 is 0 Å². The molecule has 1 aliphatic heterocycles. The molecule has 0 unspecified atom stereocenters. The number of rotatable bonds is 9. The molecular weight excluding hydrogens is 443 g/mol. The SMILES string of the molecule is COCCNC(=O)[C@@H]1C[C@H](NCc2ccccc2C(F)(F)F)CN1Cc1cccc(Cl)c1. The number of carbonyl (C=O) groups excluding carboxylic acids is 1. The van der Waals surface area contributed by atoms with Crippen molar-refractivity contribution in [1.82, 2.24) is 15.5 Å². The molecule has 2 atom stereocenters. The molecule has 1 aliphatic rings. The van der Waals surface area contributed by atoms with Gasteiger partial charge in [0.2, 0.25) is 5.91 Å². The van der Waals surface area contributed by atoms with Gasteiger partial charge in [-0.3, -0.25) is 9.69 Å². The number of methoxy groups -OCH3 is 1. The Morgan fingerprint density at radius 2 is 2.00 bits per heavy atom. The molecule has 2 aromatic carbocycles. The molecular formula is C23H27ClF3N3O2. The highest BCUT2D eigenvalue weighted by Gasteiger charge is 2.37. The highest BCUT2D eigenvalue weighted by molar-refractivity contribution is 6.30. The summed E-state index contributed by atoms with van der Waals surface area (Å²) in [5, 5.41) is 6.70. The first-order valence-corrected chi connectivity index (χ1v) is 10.8. The summed E-state index contributed by atoms with van der Waals surface area (Å²) in [4.78, 5) is 14.8. The fourth-order valence-electron chi connectivity index (χ4n) is 3.97. The van der Waals surface area contributed by atoms with Crippen molar-refractivity contribution in [3.63, 3.8) is 0 Å². The third kappa shape index (κ3) is 6.68. The first-order chi connectivity index (χ1) is 15.3. The van der Waals surface area contributed by atoms with Gasteiger partial charge in [0.25, 0.3) is 0 Å². The van der Waals surface area contributed by atoms with E-state index in [4.69, 9.17) is 16.3 Å². The van der Waals surface area contributed by atoms with Crippen molar-refractivity contribution in [1.29, 1.82) is 0 Å². The predicted molar refractivity (Wildman–Crippen MR) is 117 cm³/mol. The number of halogens is 4. The standard InChI is InChI=1S/C23H27ClF3N3O2/c1-32-10-9-28-22(31)21-12-19(15-30(21)14-16-5-4-7-18(24)11-16)29-13-17-6-2-3-8-20(17)23(25,26)27/h2-8,11,19,21,29H,9-10,12-15H2,1H3,(H,28,31)/t19-,21-/m0/s1. The van der Waals surface area contributed by atoms with Crippen LogP contribution in [0.4, 0.5) is 13.2 Å². The minimum Gasteiger partial charge on any atom is -0.383 e. The van der Waals surface area contributed by atoms with Gasteiger partial charge in [-0.25, -0.2) is 0 Å². The Balaban J connectivity index is 1.69. The van der Waals surface area contributed by atoms with E-state index in [2.05, 4.69) is 10.6 Å². The van der Waals surface area contributed by atoms with Crippen LogP contribution < -0.4 is 10.6 Å². The zero-order chi connectivity index (χ0) is 23.1. The van der Waals surface area contributed by atoms with Gasteiger partial charge in [-0.15, -0.1) is 0 Å². The largest absolute Gasteiger partial charge is 0.416 e. The van der Waals surface area contributed by atoms with E-state index in [0.717, 1.165) is 11.6 Å². The van der Waals surface area contributed by atoms with Crippen LogP contribution in [0.5, 0.6) is 0 Å². The number of hydrogen-bond donors (Lipinski definition) is 2. The van der Waals surface area contributed by atoms with Crippen LogP contribution in [0.1, 0.15) is 23.1 Å². The van der Waals surface area contributed by atoms with Gasteiger partial charge in [-0.2, -0.15) is 13.2 Å². The van der Waals surface area contributed by atoms with Crippen LogP contribution in [0.3, 0.4) is 0 Å². The normalized spacial score (nSPS) is 19.3. The van der Waals surface area contributed by atoms with Crippen LogP contribution in [0.15, 0.2) is 48.5 Å². The number of alkyl halides is 3. The number of carbonyl (C=O) groups is 1. The van der Waals surface area contributed by atoms with Crippen LogP contribution in [0.2, 0.25) is 5.02 Å². The first-order valence-electron chi connectivity index (χ1n) is 10.4. The molecule has 3 rings (SSSR count). The molecule has 0 aromatic heterocycles. The number of amides is 1. The quantitative estimate of drug-likeness (QED) is 0.548. The molecule has 1 fully saturated rings. The van der Waals surface area contributed by atoms with E-state index in [1.54, 1.807) is 19.2 Å². The number of ether oxygens (including phenoxy) is 1. The Morgan fingerprint density at radius 3 is 2.72 bits per heavy atom. The Kier molecular flexibility index (Phi) is 8.53. The summed E-state index contributed by atoms with van der Waals surface area (Å²) in [7, 11) is 1.56. The number of likely N-dealkylation sites (tertiary alicyclic amines) is 1. The number of nitrogens with one attached hydrogen (secondary N) is 2. The van der Waals surface area contributed by atoms with Gasteiger partial charge >= 0.3 is 6.18 Å². The van der Waals surface area contributed by atoms with E-state index < -0.39 is 17.8 Å². The summed E-state index contributed by atoms with van der Waals surface area (Å²) in [6.07, 6.45) is -3.91. The van der Waals surface area contributed by atoms with Gasteiger partial charge in [-0.1, -0.05) is 41.9 Å². The maximum atomic E-state index is 13.3. The summed E-state index contributed by atoms with van der Waals surface area (Å²) in [5.41, 5.74) is 0.514. The van der Waals surface area contributed by atoms with Crippen molar-refractivity contribution in [3.8, 4) is 0 Å². The third-order valence-electron chi connectivity index (χ3n) is 5.49. The van der Waals surface area contributed by atoms with E-state index in [1.165, 1.54) is 12.1 Å². The lowest BCUT2D eigenvalue weighted by molar-refractivity contribution is -0.138. The van der Waals surface area contributed by atoms with Gasteiger partial charge in [0.05, 0.1) is 18.2 Å². The fraction of sp³-hybridized carbons (Fsp3) is 0.435. The molecule has 0 radical (unpaired) electrons.